The van der Waals surface area contributed by atoms with Crippen molar-refractivity contribution in [1.82, 2.24) is 0 Å². The fraction of sp³-hybridized carbons (Fsp3) is 0.304. The number of hydrogen-bond donors (Lipinski definition) is 1. The average molecular weight is 1020 g/mol. The first-order valence-electron chi connectivity index (χ1n) is 29.8. The molecule has 8 aromatic carbocycles. The molecule has 6 nitrogen and oxygen atoms in total. The molecule has 0 atom stereocenters. The number of ether oxygens (including phenoxy) is 4. The van der Waals surface area contributed by atoms with Crippen molar-refractivity contribution in [2.24, 2.45) is 0 Å². The van der Waals surface area contributed by atoms with Crippen molar-refractivity contribution in [2.75, 3.05) is 10.2 Å². The smallest absolute Gasteiger partial charge is 0.260 e. The highest BCUT2D eigenvalue weighted by atomic mass is 16.5. The molecule has 9 aliphatic rings. The van der Waals surface area contributed by atoms with Gasteiger partial charge in [-0.25, -0.2) is 0 Å². The number of benzene rings is 8. The Kier molecular flexibility index (Phi) is 10.2. The van der Waals surface area contributed by atoms with Crippen molar-refractivity contribution in [1.29, 1.82) is 0 Å². The molecule has 3 aliphatic carbocycles. The average Bonchev–Trinajstić information content (AvgIpc) is 3.56. The monoisotopic (exact) mass is 1020 g/mol. The van der Waals surface area contributed by atoms with Crippen LogP contribution < -0.4 is 78.3 Å². The molecule has 78 heavy (non-hydrogen) atoms. The quantitative estimate of drug-likeness (QED) is 0.177. The first-order chi connectivity index (χ1) is 38.4. The molecule has 0 spiro atoms. The summed E-state index contributed by atoms with van der Waals surface area (Å²) in [6, 6.07) is 46.7. The summed E-state index contributed by atoms with van der Waals surface area (Å²) in [5, 5.41) is 4.16. The van der Waals surface area contributed by atoms with Crippen LogP contribution >= 0.6 is 0 Å². The highest BCUT2D eigenvalue weighted by Crippen LogP contribution is 2.49. The predicted molar refractivity (Wildman–Crippen MR) is 323 cm³/mol. The number of hydrogen-bond acceptors (Lipinski definition) is 6. The van der Waals surface area contributed by atoms with E-state index < -0.39 is 0 Å². The minimum Gasteiger partial charge on any atom is -0.458 e. The summed E-state index contributed by atoms with van der Waals surface area (Å²) >= 11 is 0. The van der Waals surface area contributed by atoms with Crippen LogP contribution in [0.3, 0.4) is 0 Å². The summed E-state index contributed by atoms with van der Waals surface area (Å²) in [5.74, 6) is 8.96. The van der Waals surface area contributed by atoms with E-state index >= 15 is 0 Å². The number of anilines is 5. The van der Waals surface area contributed by atoms with Gasteiger partial charge in [0.2, 0.25) is 0 Å². The van der Waals surface area contributed by atoms with Gasteiger partial charge in [0, 0.05) is 34.3 Å². The predicted octanol–water partition coefficient (Wildman–Crippen LogP) is 12.6. The van der Waals surface area contributed by atoms with Gasteiger partial charge in [-0.2, -0.15) is 0 Å². The van der Waals surface area contributed by atoms with Gasteiger partial charge in [0.15, 0.2) is 0 Å². The summed E-state index contributed by atoms with van der Waals surface area (Å²) < 4.78 is 28.8. The van der Waals surface area contributed by atoms with Gasteiger partial charge in [0.05, 0.1) is 5.69 Å². The van der Waals surface area contributed by atoms with E-state index in [1.165, 1.54) is 191 Å². The van der Waals surface area contributed by atoms with Gasteiger partial charge in [0.1, 0.15) is 46.0 Å². The standard InChI is InChI=1S/C69H63B3N2O4/c1-39-27-40(2)69(41(3)28-39)74-56-37-54-50(70-48-23-13-15-25-58(48)75-62-31-45(29-55(73-54)66(62)70)42-17-7-4-8-18-42)35-51(56)72-53-36-52-60(38-61(53)77-63-32-46(30-57(74)67(63)72)43-19-9-5-10-20-43)78-65-34-47(44-21-11-6-12-22-44)33-64-68(65)71(52)49-24-14-16-26-59(49)76-64/h13-16,23-38,42-44,73H,4-12,17-22H2,1-3H3. The van der Waals surface area contributed by atoms with E-state index in [1.807, 2.05) is 0 Å². The Morgan fingerprint density at radius 3 is 1.41 bits per heavy atom. The molecule has 382 valence electrons. The maximum Gasteiger partial charge on any atom is 0.260 e. The number of nitrogens with one attached hydrogen (secondary N) is 1. The van der Waals surface area contributed by atoms with Crippen LogP contribution in [0.15, 0.2) is 121 Å². The molecule has 9 heteroatoms. The van der Waals surface area contributed by atoms with Gasteiger partial charge in [-0.05, 0) is 203 Å². The third kappa shape index (κ3) is 6.84. The van der Waals surface area contributed by atoms with Crippen LogP contribution in [0.1, 0.15) is 147 Å². The molecular formula is C69H63B3N2O4. The number of fused-ring (bicyclic) bond motifs is 12. The highest BCUT2D eigenvalue weighted by molar-refractivity contribution is 7.03. The molecule has 0 unspecified atom stereocenters. The first-order valence-corrected chi connectivity index (χ1v) is 29.8. The van der Waals surface area contributed by atoms with Crippen molar-refractivity contribution in [3.8, 4) is 46.0 Å². The summed E-state index contributed by atoms with van der Waals surface area (Å²) in [5.41, 5.74) is 24.9. The number of nitrogens with zero attached hydrogens (tertiary/aromatic N) is 1. The van der Waals surface area contributed by atoms with Crippen molar-refractivity contribution < 1.29 is 18.9 Å². The van der Waals surface area contributed by atoms with Crippen molar-refractivity contribution >= 4 is 97.7 Å². The topological polar surface area (TPSA) is 52.2 Å². The van der Waals surface area contributed by atoms with Crippen LogP contribution in [0.25, 0.3) is 0 Å². The van der Waals surface area contributed by atoms with Crippen molar-refractivity contribution in [3.63, 3.8) is 0 Å². The molecule has 3 saturated carbocycles. The second kappa shape index (κ2) is 17.4. The lowest BCUT2D eigenvalue weighted by atomic mass is 9.30. The van der Waals surface area contributed by atoms with E-state index in [9.17, 15) is 0 Å². The lowest BCUT2D eigenvalue weighted by Crippen LogP contribution is -2.64. The Morgan fingerprint density at radius 2 is 0.833 bits per heavy atom. The van der Waals surface area contributed by atoms with E-state index in [2.05, 4.69) is 152 Å². The molecule has 0 aromatic heterocycles. The van der Waals surface area contributed by atoms with Gasteiger partial charge >= 0.3 is 0 Å². The molecule has 6 aliphatic heterocycles. The third-order valence-electron chi connectivity index (χ3n) is 20.1. The van der Waals surface area contributed by atoms with Crippen LogP contribution in [0.2, 0.25) is 0 Å². The van der Waals surface area contributed by atoms with Gasteiger partial charge < -0.3 is 29.2 Å². The minimum absolute atomic E-state index is 0.0174. The molecule has 0 saturated heterocycles. The van der Waals surface area contributed by atoms with E-state index in [0.29, 0.717) is 17.8 Å². The van der Waals surface area contributed by atoms with Gasteiger partial charge in [-0.15, -0.1) is 0 Å². The fourth-order valence-corrected chi connectivity index (χ4v) is 16.6. The van der Waals surface area contributed by atoms with E-state index in [1.54, 1.807) is 0 Å². The number of rotatable bonds is 4. The van der Waals surface area contributed by atoms with E-state index in [4.69, 9.17) is 18.9 Å². The maximum atomic E-state index is 7.56. The molecule has 0 bridgehead atoms. The largest absolute Gasteiger partial charge is 0.458 e. The van der Waals surface area contributed by atoms with Crippen LogP contribution in [0.5, 0.6) is 46.0 Å². The lowest BCUT2D eigenvalue weighted by Gasteiger charge is -2.44. The molecule has 1 N–H and O–H groups in total. The molecule has 17 rings (SSSR count). The Labute approximate surface area is 460 Å². The van der Waals surface area contributed by atoms with Crippen LogP contribution in [-0.4, -0.2) is 20.1 Å². The zero-order valence-corrected chi connectivity index (χ0v) is 45.2. The Hall–Kier alpha value is -7.25. The molecule has 0 radical (unpaired) electrons. The molecule has 3 fully saturated rings. The second-order valence-corrected chi connectivity index (χ2v) is 24.8. The van der Waals surface area contributed by atoms with Gasteiger partial charge in [-0.1, -0.05) is 124 Å². The zero-order valence-electron chi connectivity index (χ0n) is 45.2. The first kappa shape index (κ1) is 45.7. The van der Waals surface area contributed by atoms with E-state index in [-0.39, 0.29) is 20.1 Å². The van der Waals surface area contributed by atoms with Gasteiger partial charge in [-0.3, -0.25) is 0 Å². The normalized spacial score (nSPS) is 18.2. The van der Waals surface area contributed by atoms with Crippen LogP contribution in [0, 0.1) is 20.8 Å². The Balaban J connectivity index is 0.916. The lowest BCUT2D eigenvalue weighted by molar-refractivity contribution is 0.431. The van der Waals surface area contributed by atoms with Crippen LogP contribution in [-0.2, 0) is 0 Å². The number of aryl methyl sites for hydroxylation is 3. The summed E-state index contributed by atoms with van der Waals surface area (Å²) in [7, 11) is 0. The highest BCUT2D eigenvalue weighted by Gasteiger charge is 2.49. The molecule has 8 aromatic rings. The summed E-state index contributed by atoms with van der Waals surface area (Å²) in [4.78, 5) is 2.65. The second-order valence-electron chi connectivity index (χ2n) is 24.8. The Bertz CT molecular complexity index is 3860. The Morgan fingerprint density at radius 1 is 0.372 bits per heavy atom. The van der Waals surface area contributed by atoms with Gasteiger partial charge in [0.25, 0.3) is 20.1 Å². The fourth-order valence-electron chi connectivity index (χ4n) is 16.6. The third-order valence-corrected chi connectivity index (χ3v) is 20.1. The zero-order chi connectivity index (χ0) is 51.5. The maximum absolute atomic E-state index is 7.56. The molecular weight excluding hydrogens is 953 g/mol. The van der Waals surface area contributed by atoms with Crippen molar-refractivity contribution in [2.45, 2.75) is 135 Å². The van der Waals surface area contributed by atoms with Crippen LogP contribution in [0.4, 0.5) is 28.4 Å². The van der Waals surface area contributed by atoms with Crippen molar-refractivity contribution in [3.05, 3.63) is 155 Å². The summed E-state index contributed by atoms with van der Waals surface area (Å²) in [6.07, 6.45) is 18.8. The minimum atomic E-state index is -0.138. The molecule has 0 amide bonds. The SMILES string of the molecule is Cc1cc(C)c(N2c3cc4c(cc3B3c5cc6c(cc5Oc5cc(C7CCCCC7)cc2c53)Oc2cc(C3CCCCC3)cc3c2B6c2ccccc2O3)B2c3ccccc3Oc3cc(C5CCCCC5)cc(c32)N4)c(C)c1. The summed E-state index contributed by atoms with van der Waals surface area (Å²) in [6.45, 7) is 6.64. The number of para-hydroxylation sites is 2. The van der Waals surface area contributed by atoms with E-state index in [0.717, 1.165) is 62.6 Å². The molecule has 6 heterocycles.